The van der Waals surface area contributed by atoms with E-state index in [0.717, 1.165) is 11.1 Å². The minimum absolute atomic E-state index is 0.252. The number of esters is 1. The summed E-state index contributed by atoms with van der Waals surface area (Å²) in [6.45, 7) is 1.83. The number of rotatable bonds is 5. The molecule has 0 radical (unpaired) electrons. The monoisotopic (exact) mass is 365 g/mol. The van der Waals surface area contributed by atoms with Gasteiger partial charge in [0.25, 0.3) is 5.91 Å². The number of nitrogens with one attached hydrogen (secondary N) is 1. The molecule has 0 atom stereocenters. The van der Waals surface area contributed by atoms with Gasteiger partial charge < -0.3 is 19.2 Å². The van der Waals surface area contributed by atoms with Crippen LogP contribution in [0.2, 0.25) is 0 Å². The van der Waals surface area contributed by atoms with Crippen molar-refractivity contribution in [3.05, 3.63) is 71.5 Å². The number of furan rings is 1. The highest BCUT2D eigenvalue weighted by molar-refractivity contribution is 6.09. The third-order valence-corrected chi connectivity index (χ3v) is 4.17. The fourth-order valence-corrected chi connectivity index (χ4v) is 2.69. The lowest BCUT2D eigenvalue weighted by Gasteiger charge is -2.13. The number of carbonyl (C=O) groups is 2. The number of aryl methyl sites for hydroxylation is 1. The molecule has 3 aromatic rings. The molecule has 0 bridgehead atoms. The molecule has 0 aliphatic carbocycles. The Balaban J connectivity index is 2.00. The average molecular weight is 365 g/mol. The van der Waals surface area contributed by atoms with Gasteiger partial charge in [-0.3, -0.25) is 4.79 Å². The lowest BCUT2D eigenvalue weighted by molar-refractivity contribution is 0.0602. The summed E-state index contributed by atoms with van der Waals surface area (Å²) in [7, 11) is 2.83. The highest BCUT2D eigenvalue weighted by Gasteiger charge is 2.18. The first kappa shape index (κ1) is 18.3. The highest BCUT2D eigenvalue weighted by atomic mass is 16.5. The van der Waals surface area contributed by atoms with Crippen LogP contribution in [0.1, 0.15) is 26.3 Å². The van der Waals surface area contributed by atoms with Gasteiger partial charge in [-0.15, -0.1) is 0 Å². The van der Waals surface area contributed by atoms with Gasteiger partial charge in [0.15, 0.2) is 0 Å². The van der Waals surface area contributed by atoms with Crippen LogP contribution in [-0.2, 0) is 4.74 Å². The van der Waals surface area contributed by atoms with Crippen molar-refractivity contribution in [3.8, 4) is 17.1 Å². The molecule has 1 amide bonds. The van der Waals surface area contributed by atoms with Gasteiger partial charge in [0.2, 0.25) is 0 Å². The van der Waals surface area contributed by atoms with E-state index in [9.17, 15) is 9.59 Å². The predicted octanol–water partition coefficient (Wildman–Crippen LogP) is 4.30. The third-order valence-electron chi connectivity index (χ3n) is 4.17. The molecule has 0 saturated carbocycles. The van der Waals surface area contributed by atoms with E-state index < -0.39 is 5.97 Å². The number of amides is 1. The number of benzene rings is 2. The highest BCUT2D eigenvalue weighted by Crippen LogP contribution is 2.28. The molecule has 138 valence electrons. The second kappa shape index (κ2) is 7.78. The van der Waals surface area contributed by atoms with Crippen molar-refractivity contribution < 1.29 is 23.5 Å². The number of carbonyl (C=O) groups excluding carboxylic acids is 2. The topological polar surface area (TPSA) is 77.8 Å². The van der Waals surface area contributed by atoms with Gasteiger partial charge in [-0.2, -0.15) is 0 Å². The Kier molecular flexibility index (Phi) is 5.26. The third kappa shape index (κ3) is 3.84. The summed E-state index contributed by atoms with van der Waals surface area (Å²) in [5, 5.41) is 2.80. The summed E-state index contributed by atoms with van der Waals surface area (Å²) in [5.41, 5.74) is 2.55. The lowest BCUT2D eigenvalue weighted by atomic mass is 10.0. The van der Waals surface area contributed by atoms with E-state index >= 15 is 0 Å². The molecule has 0 unspecified atom stereocenters. The zero-order valence-electron chi connectivity index (χ0n) is 15.2. The standard InChI is InChI=1S/C21H19NO5/c1-13-6-8-15(25-2)12-17(13)20(23)22-18-11-14(19-5-4-10-27-19)7-9-16(18)21(24)26-3/h4-12H,1-3H3,(H,22,23). The van der Waals surface area contributed by atoms with Crippen molar-refractivity contribution >= 4 is 17.6 Å². The summed E-state index contributed by atoms with van der Waals surface area (Å²) in [6, 6.07) is 13.8. The minimum atomic E-state index is -0.543. The molecule has 2 aromatic carbocycles. The molecule has 0 aliphatic heterocycles. The molecule has 1 aromatic heterocycles. The molecule has 6 heteroatoms. The van der Waals surface area contributed by atoms with Gasteiger partial charge in [0.1, 0.15) is 11.5 Å². The summed E-state index contributed by atoms with van der Waals surface area (Å²) in [6.07, 6.45) is 1.56. The quantitative estimate of drug-likeness (QED) is 0.682. The van der Waals surface area contributed by atoms with Crippen LogP contribution in [-0.4, -0.2) is 26.1 Å². The smallest absolute Gasteiger partial charge is 0.339 e. The Bertz CT molecular complexity index is 976. The van der Waals surface area contributed by atoms with Crippen LogP contribution in [0.15, 0.2) is 59.2 Å². The Hall–Kier alpha value is -3.54. The Morgan fingerprint density at radius 3 is 2.48 bits per heavy atom. The lowest BCUT2D eigenvalue weighted by Crippen LogP contribution is -2.16. The molecule has 0 aliphatic rings. The van der Waals surface area contributed by atoms with Crippen LogP contribution in [0.5, 0.6) is 5.75 Å². The number of anilines is 1. The maximum atomic E-state index is 12.8. The van der Waals surface area contributed by atoms with Gasteiger partial charge in [0, 0.05) is 11.1 Å². The van der Waals surface area contributed by atoms with Crippen molar-refractivity contribution in [2.75, 3.05) is 19.5 Å². The number of hydrogen-bond acceptors (Lipinski definition) is 5. The van der Waals surface area contributed by atoms with Crippen LogP contribution in [0.25, 0.3) is 11.3 Å². The summed E-state index contributed by atoms with van der Waals surface area (Å²) >= 11 is 0. The maximum absolute atomic E-state index is 12.8. The van der Waals surface area contributed by atoms with Crippen molar-refractivity contribution in [2.24, 2.45) is 0 Å². The Morgan fingerprint density at radius 1 is 1.00 bits per heavy atom. The first-order valence-corrected chi connectivity index (χ1v) is 8.25. The van der Waals surface area contributed by atoms with E-state index in [-0.39, 0.29) is 11.5 Å². The van der Waals surface area contributed by atoms with E-state index in [4.69, 9.17) is 13.9 Å². The fraction of sp³-hybridized carbons (Fsp3) is 0.143. The van der Waals surface area contributed by atoms with E-state index in [2.05, 4.69) is 5.32 Å². The molecule has 6 nitrogen and oxygen atoms in total. The first-order valence-electron chi connectivity index (χ1n) is 8.25. The van der Waals surface area contributed by atoms with Crippen molar-refractivity contribution in [2.45, 2.75) is 6.92 Å². The maximum Gasteiger partial charge on any atom is 0.339 e. The largest absolute Gasteiger partial charge is 0.497 e. The molecule has 1 heterocycles. The normalized spacial score (nSPS) is 10.3. The van der Waals surface area contributed by atoms with Gasteiger partial charge in [0.05, 0.1) is 31.7 Å². The summed E-state index contributed by atoms with van der Waals surface area (Å²) < 4.78 is 15.4. The van der Waals surface area contributed by atoms with E-state index in [0.29, 0.717) is 22.8 Å². The summed E-state index contributed by atoms with van der Waals surface area (Å²) in [4.78, 5) is 24.9. The van der Waals surface area contributed by atoms with Crippen molar-refractivity contribution in [1.29, 1.82) is 0 Å². The first-order chi connectivity index (χ1) is 13.0. The van der Waals surface area contributed by atoms with Gasteiger partial charge >= 0.3 is 5.97 Å². The van der Waals surface area contributed by atoms with Crippen LogP contribution >= 0.6 is 0 Å². The molecular formula is C21H19NO5. The van der Waals surface area contributed by atoms with Crippen LogP contribution < -0.4 is 10.1 Å². The molecule has 0 spiro atoms. The Morgan fingerprint density at radius 2 is 1.81 bits per heavy atom. The number of ether oxygens (including phenoxy) is 2. The molecule has 27 heavy (non-hydrogen) atoms. The number of hydrogen-bond donors (Lipinski definition) is 1. The van der Waals surface area contributed by atoms with E-state index in [1.54, 1.807) is 54.8 Å². The van der Waals surface area contributed by atoms with E-state index in [1.165, 1.54) is 14.2 Å². The van der Waals surface area contributed by atoms with Crippen LogP contribution in [0.3, 0.4) is 0 Å². The molecule has 0 saturated heterocycles. The predicted molar refractivity (Wildman–Crippen MR) is 101 cm³/mol. The summed E-state index contributed by atoms with van der Waals surface area (Å²) in [5.74, 6) is 0.301. The average Bonchev–Trinajstić information content (AvgIpc) is 3.22. The minimum Gasteiger partial charge on any atom is -0.497 e. The van der Waals surface area contributed by atoms with Crippen molar-refractivity contribution in [3.63, 3.8) is 0 Å². The molecule has 1 N–H and O–H groups in total. The zero-order chi connectivity index (χ0) is 19.4. The van der Waals surface area contributed by atoms with Crippen LogP contribution in [0.4, 0.5) is 5.69 Å². The molecule has 3 rings (SSSR count). The zero-order valence-corrected chi connectivity index (χ0v) is 15.2. The second-order valence-electron chi connectivity index (χ2n) is 5.86. The SMILES string of the molecule is COC(=O)c1ccc(-c2ccco2)cc1NC(=O)c1cc(OC)ccc1C. The molecular weight excluding hydrogens is 346 g/mol. The Labute approximate surface area is 156 Å². The van der Waals surface area contributed by atoms with Gasteiger partial charge in [-0.1, -0.05) is 12.1 Å². The fourth-order valence-electron chi connectivity index (χ4n) is 2.69. The number of methoxy groups -OCH3 is 2. The van der Waals surface area contributed by atoms with Crippen LogP contribution in [0, 0.1) is 6.92 Å². The van der Waals surface area contributed by atoms with Gasteiger partial charge in [-0.25, -0.2) is 4.79 Å². The second-order valence-corrected chi connectivity index (χ2v) is 5.86. The van der Waals surface area contributed by atoms with E-state index in [1.807, 2.05) is 6.92 Å². The van der Waals surface area contributed by atoms with Gasteiger partial charge in [-0.05, 0) is 48.9 Å². The molecule has 0 fully saturated rings. The van der Waals surface area contributed by atoms with Crippen molar-refractivity contribution in [1.82, 2.24) is 0 Å².